The zero-order valence-electron chi connectivity index (χ0n) is 12.4. The monoisotopic (exact) mass is 261 g/mol. The van der Waals surface area contributed by atoms with Crippen LogP contribution in [0.25, 0.3) is 0 Å². The third kappa shape index (κ3) is 4.20. The second kappa shape index (κ2) is 6.90. The van der Waals surface area contributed by atoms with E-state index in [-0.39, 0.29) is 0 Å². The number of aromatic amines is 1. The van der Waals surface area contributed by atoms with Gasteiger partial charge in [-0.3, -0.25) is 5.10 Å². The normalized spacial score (nSPS) is 16.7. The second-order valence-electron chi connectivity index (χ2n) is 5.97. The molecule has 0 aliphatic heterocycles. The SMILES string of the molecule is C=C(C)CC[C@H](C)NCc1n[nH]c2c1CCCCC2. The molecule has 106 valence electrons. The molecule has 1 aromatic rings. The van der Waals surface area contributed by atoms with Crippen LogP contribution in [0.2, 0.25) is 0 Å². The largest absolute Gasteiger partial charge is 0.309 e. The zero-order chi connectivity index (χ0) is 13.7. The molecule has 1 aromatic heterocycles. The van der Waals surface area contributed by atoms with Crippen molar-refractivity contribution in [1.29, 1.82) is 0 Å². The lowest BCUT2D eigenvalue weighted by molar-refractivity contribution is 0.507. The van der Waals surface area contributed by atoms with Gasteiger partial charge in [0.15, 0.2) is 0 Å². The number of rotatable bonds is 6. The molecule has 3 nitrogen and oxygen atoms in total. The standard InChI is InChI=1S/C16H27N3/c1-12(2)9-10-13(3)17-11-16-14-7-5-4-6-8-15(14)18-19-16/h13,17H,1,4-11H2,2-3H3,(H,18,19)/t13-/m0/s1. The van der Waals surface area contributed by atoms with Gasteiger partial charge in [-0.15, -0.1) is 6.58 Å². The molecule has 0 unspecified atom stereocenters. The molecule has 19 heavy (non-hydrogen) atoms. The minimum Gasteiger partial charge on any atom is -0.309 e. The van der Waals surface area contributed by atoms with Crippen LogP contribution in [-0.2, 0) is 19.4 Å². The lowest BCUT2D eigenvalue weighted by Gasteiger charge is -2.13. The Morgan fingerprint density at radius 3 is 2.95 bits per heavy atom. The van der Waals surface area contributed by atoms with E-state index in [4.69, 9.17) is 0 Å². The fraction of sp³-hybridized carbons (Fsp3) is 0.688. The molecule has 0 saturated heterocycles. The second-order valence-corrected chi connectivity index (χ2v) is 5.97. The number of aryl methyl sites for hydroxylation is 1. The number of hydrogen-bond acceptors (Lipinski definition) is 2. The first-order valence-corrected chi connectivity index (χ1v) is 7.59. The van der Waals surface area contributed by atoms with Crippen LogP contribution in [0.3, 0.4) is 0 Å². The number of nitrogens with one attached hydrogen (secondary N) is 2. The van der Waals surface area contributed by atoms with E-state index < -0.39 is 0 Å². The van der Waals surface area contributed by atoms with Crippen LogP contribution in [0.15, 0.2) is 12.2 Å². The quantitative estimate of drug-likeness (QED) is 0.607. The Morgan fingerprint density at radius 2 is 2.16 bits per heavy atom. The molecular weight excluding hydrogens is 234 g/mol. The predicted octanol–water partition coefficient (Wildman–Crippen LogP) is 3.51. The van der Waals surface area contributed by atoms with Gasteiger partial charge in [-0.2, -0.15) is 5.10 Å². The Morgan fingerprint density at radius 1 is 1.37 bits per heavy atom. The van der Waals surface area contributed by atoms with Gasteiger partial charge in [-0.1, -0.05) is 12.0 Å². The van der Waals surface area contributed by atoms with Crippen molar-refractivity contribution in [3.05, 3.63) is 29.1 Å². The van der Waals surface area contributed by atoms with E-state index in [2.05, 4.69) is 35.9 Å². The molecule has 0 saturated carbocycles. The van der Waals surface area contributed by atoms with Gasteiger partial charge in [0.1, 0.15) is 0 Å². The van der Waals surface area contributed by atoms with Crippen molar-refractivity contribution < 1.29 is 0 Å². The summed E-state index contributed by atoms with van der Waals surface area (Å²) in [6.07, 6.45) is 8.59. The summed E-state index contributed by atoms with van der Waals surface area (Å²) in [5, 5.41) is 11.3. The summed E-state index contributed by atoms with van der Waals surface area (Å²) in [5.41, 5.74) is 5.36. The average Bonchev–Trinajstić information content (AvgIpc) is 2.61. The van der Waals surface area contributed by atoms with E-state index >= 15 is 0 Å². The summed E-state index contributed by atoms with van der Waals surface area (Å²) in [5.74, 6) is 0. The van der Waals surface area contributed by atoms with Crippen molar-refractivity contribution in [3.63, 3.8) is 0 Å². The number of fused-ring (bicyclic) bond motifs is 1. The molecule has 1 aliphatic carbocycles. The van der Waals surface area contributed by atoms with Crippen LogP contribution < -0.4 is 5.32 Å². The number of H-pyrrole nitrogens is 1. The highest BCUT2D eigenvalue weighted by molar-refractivity contribution is 5.26. The van der Waals surface area contributed by atoms with Gasteiger partial charge < -0.3 is 5.32 Å². The summed E-state index contributed by atoms with van der Waals surface area (Å²) >= 11 is 0. The van der Waals surface area contributed by atoms with Gasteiger partial charge in [0.25, 0.3) is 0 Å². The van der Waals surface area contributed by atoms with Crippen LogP contribution in [0.4, 0.5) is 0 Å². The summed E-state index contributed by atoms with van der Waals surface area (Å²) in [7, 11) is 0. The van der Waals surface area contributed by atoms with Crippen molar-refractivity contribution in [2.24, 2.45) is 0 Å². The highest BCUT2D eigenvalue weighted by Gasteiger charge is 2.15. The van der Waals surface area contributed by atoms with E-state index in [0.29, 0.717) is 6.04 Å². The Hall–Kier alpha value is -1.09. The van der Waals surface area contributed by atoms with Gasteiger partial charge in [0.2, 0.25) is 0 Å². The Bertz CT molecular complexity index is 420. The van der Waals surface area contributed by atoms with E-state index in [1.807, 2.05) is 0 Å². The Labute approximate surface area is 116 Å². The molecule has 1 heterocycles. The zero-order valence-corrected chi connectivity index (χ0v) is 12.4. The molecular formula is C16H27N3. The number of aromatic nitrogens is 2. The van der Waals surface area contributed by atoms with Gasteiger partial charge in [-0.25, -0.2) is 0 Å². The van der Waals surface area contributed by atoms with Gasteiger partial charge in [-0.05, 0) is 57.9 Å². The highest BCUT2D eigenvalue weighted by Crippen LogP contribution is 2.21. The lowest BCUT2D eigenvalue weighted by Crippen LogP contribution is -2.26. The van der Waals surface area contributed by atoms with Crippen molar-refractivity contribution in [2.45, 2.75) is 71.4 Å². The maximum atomic E-state index is 4.50. The van der Waals surface area contributed by atoms with Crippen LogP contribution in [0.1, 0.15) is 62.9 Å². The third-order valence-electron chi connectivity index (χ3n) is 4.01. The Kier molecular flexibility index (Phi) is 5.20. The fourth-order valence-electron chi connectivity index (χ4n) is 2.71. The molecule has 0 amide bonds. The molecule has 0 spiro atoms. The third-order valence-corrected chi connectivity index (χ3v) is 4.01. The van der Waals surface area contributed by atoms with Crippen molar-refractivity contribution in [3.8, 4) is 0 Å². The van der Waals surface area contributed by atoms with Crippen LogP contribution >= 0.6 is 0 Å². The smallest absolute Gasteiger partial charge is 0.0794 e. The molecule has 2 rings (SSSR count). The predicted molar refractivity (Wildman–Crippen MR) is 80.2 cm³/mol. The fourth-order valence-corrected chi connectivity index (χ4v) is 2.71. The highest BCUT2D eigenvalue weighted by atomic mass is 15.1. The van der Waals surface area contributed by atoms with E-state index in [1.165, 1.54) is 54.6 Å². The molecule has 0 fully saturated rings. The molecule has 0 aromatic carbocycles. The van der Waals surface area contributed by atoms with Crippen LogP contribution in [0, 0.1) is 0 Å². The van der Waals surface area contributed by atoms with Gasteiger partial charge in [0, 0.05) is 18.3 Å². The van der Waals surface area contributed by atoms with E-state index in [9.17, 15) is 0 Å². The van der Waals surface area contributed by atoms with Crippen molar-refractivity contribution >= 4 is 0 Å². The summed E-state index contributed by atoms with van der Waals surface area (Å²) < 4.78 is 0. The molecule has 1 aliphatic rings. The van der Waals surface area contributed by atoms with Crippen molar-refractivity contribution in [2.75, 3.05) is 0 Å². The molecule has 0 radical (unpaired) electrons. The lowest BCUT2D eigenvalue weighted by atomic mass is 10.1. The summed E-state index contributed by atoms with van der Waals surface area (Å²) in [4.78, 5) is 0. The van der Waals surface area contributed by atoms with Crippen molar-refractivity contribution in [1.82, 2.24) is 15.5 Å². The molecule has 1 atom stereocenters. The van der Waals surface area contributed by atoms with Crippen LogP contribution in [-0.4, -0.2) is 16.2 Å². The molecule has 0 bridgehead atoms. The topological polar surface area (TPSA) is 40.7 Å². The average molecular weight is 261 g/mol. The first-order chi connectivity index (χ1) is 9.16. The van der Waals surface area contributed by atoms with Crippen LogP contribution in [0.5, 0.6) is 0 Å². The van der Waals surface area contributed by atoms with Gasteiger partial charge in [0.05, 0.1) is 5.69 Å². The first-order valence-electron chi connectivity index (χ1n) is 7.59. The van der Waals surface area contributed by atoms with E-state index in [0.717, 1.165) is 19.4 Å². The maximum Gasteiger partial charge on any atom is 0.0794 e. The number of allylic oxidation sites excluding steroid dienone is 1. The van der Waals surface area contributed by atoms with E-state index in [1.54, 1.807) is 0 Å². The summed E-state index contributed by atoms with van der Waals surface area (Å²) in [6.45, 7) is 9.19. The molecule has 2 N–H and O–H groups in total. The summed E-state index contributed by atoms with van der Waals surface area (Å²) in [6, 6.07) is 0.523. The minimum absolute atomic E-state index is 0.523. The number of hydrogen-bond donors (Lipinski definition) is 2. The molecule has 3 heteroatoms. The maximum absolute atomic E-state index is 4.50. The first kappa shape index (κ1) is 14.3. The number of nitrogens with zero attached hydrogens (tertiary/aromatic N) is 1. The Balaban J connectivity index is 1.86. The minimum atomic E-state index is 0.523. The van der Waals surface area contributed by atoms with Gasteiger partial charge >= 0.3 is 0 Å².